The maximum absolute atomic E-state index is 12.3. The van der Waals surface area contributed by atoms with Gasteiger partial charge < -0.3 is 14.2 Å². The smallest absolute Gasteiger partial charge is 0.258 e. The number of rotatable bonds is 5. The fourth-order valence-corrected chi connectivity index (χ4v) is 2.84. The second kappa shape index (κ2) is 7.78. The Morgan fingerprint density at radius 1 is 0.741 bits per heavy atom. The van der Waals surface area contributed by atoms with E-state index in [1.54, 1.807) is 24.3 Å². The summed E-state index contributed by atoms with van der Waals surface area (Å²) in [5.74, 6) is 0.497. The number of hydrogen-bond donors (Lipinski definition) is 1. The molecule has 0 spiro atoms. The molecule has 138 valence electrons. The van der Waals surface area contributed by atoms with Gasteiger partial charge in [0.05, 0.1) is 32.5 Å². The van der Waals surface area contributed by atoms with Gasteiger partial charge in [0, 0.05) is 0 Å². The monoisotopic (exact) mass is 365 g/mol. The van der Waals surface area contributed by atoms with Gasteiger partial charge in [-0.2, -0.15) is 0 Å². The number of carbonyl (C=O) groups excluding carboxylic acids is 2. The Bertz CT molecular complexity index is 919. The summed E-state index contributed by atoms with van der Waals surface area (Å²) in [4.78, 5) is 24.5. The van der Waals surface area contributed by atoms with E-state index in [0.717, 1.165) is 5.56 Å². The molecule has 0 atom stereocenters. The van der Waals surface area contributed by atoms with Crippen molar-refractivity contribution in [3.05, 3.63) is 64.7 Å². The summed E-state index contributed by atoms with van der Waals surface area (Å²) < 4.78 is 16.0. The molecule has 1 saturated heterocycles. The molecule has 27 heavy (non-hydrogen) atoms. The van der Waals surface area contributed by atoms with Gasteiger partial charge in [0.2, 0.25) is 5.75 Å². The topological polar surface area (TPSA) is 73.9 Å². The van der Waals surface area contributed by atoms with E-state index >= 15 is 0 Å². The molecule has 0 radical (unpaired) electrons. The molecule has 0 bridgehead atoms. The first kappa shape index (κ1) is 18.3. The van der Waals surface area contributed by atoms with Crippen molar-refractivity contribution in [2.24, 2.45) is 0 Å². The summed E-state index contributed by atoms with van der Waals surface area (Å²) in [7, 11) is 4.55. The van der Waals surface area contributed by atoms with Gasteiger partial charge in [-0.3, -0.25) is 14.9 Å². The van der Waals surface area contributed by atoms with E-state index in [9.17, 15) is 9.59 Å². The van der Waals surface area contributed by atoms with Crippen LogP contribution in [0, 0.1) is 0 Å². The Morgan fingerprint density at radius 3 is 1.74 bits per heavy atom. The van der Waals surface area contributed by atoms with Crippen LogP contribution in [0.4, 0.5) is 0 Å². The summed E-state index contributed by atoms with van der Waals surface area (Å²) in [5.41, 5.74) is 2.05. The van der Waals surface area contributed by atoms with Crippen molar-refractivity contribution in [2.45, 2.75) is 0 Å². The predicted octanol–water partition coefficient (Wildman–Crippen LogP) is 2.84. The fraction of sp³-hybridized carbons (Fsp3) is 0.143. The molecule has 2 aromatic rings. The van der Waals surface area contributed by atoms with Crippen LogP contribution in [0.2, 0.25) is 0 Å². The predicted molar refractivity (Wildman–Crippen MR) is 102 cm³/mol. The number of benzene rings is 2. The standard InChI is InChI=1S/C21H19NO5/c1-25-17-11-14(12-18(26-2)19(17)27-3)10-16-15(20(23)22-21(16)24)9-13-7-5-4-6-8-13/h4-12H,1-3H3,(H,22,23,24)/b15-9+,16-10+. The SMILES string of the molecule is COc1cc(/C=C2/C(=O)NC(=O)/C2=C/c2ccccc2)cc(OC)c1OC. The lowest BCUT2D eigenvalue weighted by atomic mass is 10.0. The average Bonchev–Trinajstić information content (AvgIpc) is 2.94. The normalized spacial score (nSPS) is 16.6. The largest absolute Gasteiger partial charge is 0.493 e. The van der Waals surface area contributed by atoms with E-state index in [-0.39, 0.29) is 5.57 Å². The highest BCUT2D eigenvalue weighted by molar-refractivity contribution is 6.28. The second-order valence-electron chi connectivity index (χ2n) is 5.77. The number of methoxy groups -OCH3 is 3. The third-order valence-electron chi connectivity index (χ3n) is 4.12. The Kier molecular flexibility index (Phi) is 5.26. The van der Waals surface area contributed by atoms with Crippen molar-refractivity contribution in [3.63, 3.8) is 0 Å². The molecule has 0 aromatic heterocycles. The maximum atomic E-state index is 12.3. The number of nitrogens with one attached hydrogen (secondary N) is 1. The van der Waals surface area contributed by atoms with E-state index in [1.165, 1.54) is 21.3 Å². The quantitative estimate of drug-likeness (QED) is 0.651. The van der Waals surface area contributed by atoms with Crippen LogP contribution in [-0.4, -0.2) is 33.1 Å². The van der Waals surface area contributed by atoms with Gasteiger partial charge in [-0.25, -0.2) is 0 Å². The first-order valence-electron chi connectivity index (χ1n) is 8.22. The van der Waals surface area contributed by atoms with Crippen molar-refractivity contribution < 1.29 is 23.8 Å². The number of hydrogen-bond acceptors (Lipinski definition) is 5. The Morgan fingerprint density at radius 2 is 1.26 bits per heavy atom. The lowest BCUT2D eigenvalue weighted by Crippen LogP contribution is -2.19. The highest BCUT2D eigenvalue weighted by Gasteiger charge is 2.30. The molecule has 1 N–H and O–H groups in total. The number of amides is 2. The van der Waals surface area contributed by atoms with Crippen LogP contribution >= 0.6 is 0 Å². The van der Waals surface area contributed by atoms with E-state index in [0.29, 0.717) is 28.4 Å². The van der Waals surface area contributed by atoms with Gasteiger partial charge in [-0.15, -0.1) is 0 Å². The molecular formula is C21H19NO5. The first-order chi connectivity index (χ1) is 13.1. The number of imide groups is 1. The summed E-state index contributed by atoms with van der Waals surface area (Å²) in [6.07, 6.45) is 3.31. The minimum Gasteiger partial charge on any atom is -0.493 e. The van der Waals surface area contributed by atoms with Gasteiger partial charge >= 0.3 is 0 Å². The molecule has 0 aliphatic carbocycles. The number of carbonyl (C=O) groups is 2. The molecule has 3 rings (SSSR count). The lowest BCUT2D eigenvalue weighted by molar-refractivity contribution is -0.123. The average molecular weight is 365 g/mol. The van der Waals surface area contributed by atoms with Crippen LogP contribution in [0.5, 0.6) is 17.2 Å². The molecule has 0 unspecified atom stereocenters. The summed E-state index contributed by atoms with van der Waals surface area (Å²) in [5, 5.41) is 2.34. The van der Waals surface area contributed by atoms with Crippen LogP contribution < -0.4 is 19.5 Å². The van der Waals surface area contributed by atoms with Crippen molar-refractivity contribution in [3.8, 4) is 17.2 Å². The van der Waals surface area contributed by atoms with Gasteiger partial charge in [-0.05, 0) is 35.4 Å². The molecule has 1 aliphatic rings. The fourth-order valence-electron chi connectivity index (χ4n) is 2.84. The minimum absolute atomic E-state index is 0.276. The maximum Gasteiger partial charge on any atom is 0.258 e. The van der Waals surface area contributed by atoms with Crippen molar-refractivity contribution in [2.75, 3.05) is 21.3 Å². The van der Waals surface area contributed by atoms with Crippen molar-refractivity contribution in [1.29, 1.82) is 0 Å². The van der Waals surface area contributed by atoms with E-state index < -0.39 is 11.8 Å². The Hall–Kier alpha value is -3.54. The van der Waals surface area contributed by atoms with Crippen LogP contribution in [0.15, 0.2) is 53.6 Å². The molecule has 1 fully saturated rings. The Labute approximate surface area is 157 Å². The van der Waals surface area contributed by atoms with Gasteiger partial charge in [-0.1, -0.05) is 30.3 Å². The van der Waals surface area contributed by atoms with Gasteiger partial charge in [0.15, 0.2) is 11.5 Å². The minimum atomic E-state index is -0.448. The Balaban J connectivity index is 2.10. The molecular weight excluding hydrogens is 346 g/mol. The molecule has 2 amide bonds. The van der Waals surface area contributed by atoms with Crippen LogP contribution in [0.25, 0.3) is 12.2 Å². The van der Waals surface area contributed by atoms with Crippen molar-refractivity contribution in [1.82, 2.24) is 5.32 Å². The summed E-state index contributed by atoms with van der Waals surface area (Å²) in [6, 6.07) is 12.8. The summed E-state index contributed by atoms with van der Waals surface area (Å²) >= 11 is 0. The molecule has 2 aromatic carbocycles. The molecule has 1 aliphatic heterocycles. The second-order valence-corrected chi connectivity index (χ2v) is 5.77. The lowest BCUT2D eigenvalue weighted by Gasteiger charge is -2.13. The van der Waals surface area contributed by atoms with Crippen LogP contribution in [0.3, 0.4) is 0 Å². The van der Waals surface area contributed by atoms with Gasteiger partial charge in [0.1, 0.15) is 0 Å². The van der Waals surface area contributed by atoms with E-state index in [4.69, 9.17) is 14.2 Å². The first-order valence-corrected chi connectivity index (χ1v) is 8.22. The number of ether oxygens (including phenoxy) is 3. The molecule has 6 nitrogen and oxygen atoms in total. The zero-order chi connectivity index (χ0) is 19.4. The zero-order valence-corrected chi connectivity index (χ0v) is 15.2. The van der Waals surface area contributed by atoms with E-state index in [1.807, 2.05) is 30.3 Å². The third-order valence-corrected chi connectivity index (χ3v) is 4.12. The van der Waals surface area contributed by atoms with Gasteiger partial charge in [0.25, 0.3) is 11.8 Å². The zero-order valence-electron chi connectivity index (χ0n) is 15.2. The van der Waals surface area contributed by atoms with Crippen LogP contribution in [-0.2, 0) is 9.59 Å². The molecule has 6 heteroatoms. The molecule has 0 saturated carbocycles. The molecule has 1 heterocycles. The summed E-state index contributed by atoms with van der Waals surface area (Å²) in [6.45, 7) is 0. The highest BCUT2D eigenvalue weighted by atomic mass is 16.5. The van der Waals surface area contributed by atoms with E-state index in [2.05, 4.69) is 5.32 Å². The van der Waals surface area contributed by atoms with Crippen LogP contribution in [0.1, 0.15) is 11.1 Å². The van der Waals surface area contributed by atoms with Crippen molar-refractivity contribution >= 4 is 24.0 Å². The third kappa shape index (κ3) is 3.69. The highest BCUT2D eigenvalue weighted by Crippen LogP contribution is 2.39.